The van der Waals surface area contributed by atoms with E-state index in [0.717, 1.165) is 17.0 Å². The van der Waals surface area contributed by atoms with Gasteiger partial charge in [0, 0.05) is 24.9 Å². The van der Waals surface area contributed by atoms with Gasteiger partial charge in [0.15, 0.2) is 5.13 Å². The lowest BCUT2D eigenvalue weighted by Gasteiger charge is -2.09. The van der Waals surface area contributed by atoms with Gasteiger partial charge in [-0.25, -0.2) is 4.98 Å². The van der Waals surface area contributed by atoms with Gasteiger partial charge in [-0.2, -0.15) is 0 Å². The molecule has 0 N–H and O–H groups in total. The third kappa shape index (κ3) is 2.51. The van der Waals surface area contributed by atoms with E-state index in [-0.39, 0.29) is 5.91 Å². The molecule has 5 heteroatoms. The van der Waals surface area contributed by atoms with Crippen LogP contribution in [0.4, 0.5) is 5.13 Å². The number of carbonyl (C=O) groups excluding carboxylic acids is 1. The van der Waals surface area contributed by atoms with E-state index in [1.165, 1.54) is 23.2 Å². The smallest absolute Gasteiger partial charge is 0.225 e. The molecule has 0 atom stereocenters. The molecule has 0 aliphatic rings. The van der Waals surface area contributed by atoms with Crippen LogP contribution in [0, 0.1) is 0 Å². The lowest BCUT2D eigenvalue weighted by molar-refractivity contribution is -0.116. The van der Waals surface area contributed by atoms with Gasteiger partial charge in [0.1, 0.15) is 5.75 Å². The molecule has 0 unspecified atom stereocenters. The van der Waals surface area contributed by atoms with E-state index in [0.29, 0.717) is 5.13 Å². The molecule has 1 aromatic carbocycles. The van der Waals surface area contributed by atoms with Crippen molar-refractivity contribution in [2.75, 3.05) is 19.1 Å². The second-order valence-electron chi connectivity index (χ2n) is 3.82. The van der Waals surface area contributed by atoms with E-state index in [9.17, 15) is 4.79 Å². The van der Waals surface area contributed by atoms with Gasteiger partial charge in [0.05, 0.1) is 12.8 Å². The first-order chi connectivity index (χ1) is 8.61. The zero-order chi connectivity index (χ0) is 13.1. The SMILES string of the molecule is COc1ccc(-c2csc(N(C)C(C)=O)n2)cc1. The summed E-state index contributed by atoms with van der Waals surface area (Å²) in [6.45, 7) is 1.52. The third-order valence-electron chi connectivity index (χ3n) is 2.64. The molecule has 0 spiro atoms. The highest BCUT2D eigenvalue weighted by molar-refractivity contribution is 7.14. The van der Waals surface area contributed by atoms with Crippen molar-refractivity contribution >= 4 is 22.4 Å². The Hall–Kier alpha value is -1.88. The second kappa shape index (κ2) is 5.18. The van der Waals surface area contributed by atoms with Gasteiger partial charge in [-0.3, -0.25) is 9.69 Å². The number of ether oxygens (including phenoxy) is 1. The van der Waals surface area contributed by atoms with Crippen LogP contribution in [-0.2, 0) is 4.79 Å². The largest absolute Gasteiger partial charge is 0.497 e. The highest BCUT2D eigenvalue weighted by Gasteiger charge is 2.11. The van der Waals surface area contributed by atoms with Crippen molar-refractivity contribution < 1.29 is 9.53 Å². The molecule has 0 fully saturated rings. The molecule has 4 nitrogen and oxygen atoms in total. The van der Waals surface area contributed by atoms with E-state index in [1.807, 2.05) is 29.6 Å². The number of hydrogen-bond donors (Lipinski definition) is 0. The summed E-state index contributed by atoms with van der Waals surface area (Å²) in [4.78, 5) is 17.2. The Bertz CT molecular complexity index is 548. The first-order valence-electron chi connectivity index (χ1n) is 5.46. The summed E-state index contributed by atoms with van der Waals surface area (Å²) in [5.41, 5.74) is 1.88. The van der Waals surface area contributed by atoms with Gasteiger partial charge in [0.2, 0.25) is 5.91 Å². The minimum absolute atomic E-state index is 0.0226. The zero-order valence-electron chi connectivity index (χ0n) is 10.5. The minimum atomic E-state index is -0.0226. The minimum Gasteiger partial charge on any atom is -0.497 e. The number of hydrogen-bond acceptors (Lipinski definition) is 4. The number of benzene rings is 1. The van der Waals surface area contributed by atoms with Crippen molar-refractivity contribution in [3.05, 3.63) is 29.6 Å². The van der Waals surface area contributed by atoms with Crippen LogP contribution < -0.4 is 9.64 Å². The van der Waals surface area contributed by atoms with Gasteiger partial charge >= 0.3 is 0 Å². The molecule has 0 aliphatic heterocycles. The number of anilines is 1. The van der Waals surface area contributed by atoms with E-state index in [4.69, 9.17) is 4.74 Å². The monoisotopic (exact) mass is 262 g/mol. The number of methoxy groups -OCH3 is 1. The van der Waals surface area contributed by atoms with Gasteiger partial charge < -0.3 is 4.74 Å². The predicted octanol–water partition coefficient (Wildman–Crippen LogP) is 2.80. The second-order valence-corrected chi connectivity index (χ2v) is 4.66. The van der Waals surface area contributed by atoms with Gasteiger partial charge in [-0.15, -0.1) is 11.3 Å². The maximum absolute atomic E-state index is 11.2. The first-order valence-corrected chi connectivity index (χ1v) is 6.34. The van der Waals surface area contributed by atoms with E-state index >= 15 is 0 Å². The Kier molecular flexibility index (Phi) is 3.62. The summed E-state index contributed by atoms with van der Waals surface area (Å²) in [6, 6.07) is 7.68. The van der Waals surface area contributed by atoms with Gasteiger partial charge in [0.25, 0.3) is 0 Å². The number of amides is 1. The highest BCUT2D eigenvalue weighted by Crippen LogP contribution is 2.27. The maximum Gasteiger partial charge on any atom is 0.225 e. The molecule has 1 heterocycles. The van der Waals surface area contributed by atoms with Crippen LogP contribution in [0.25, 0.3) is 11.3 Å². The van der Waals surface area contributed by atoms with Crippen LogP contribution in [0.2, 0.25) is 0 Å². The summed E-state index contributed by atoms with van der Waals surface area (Å²) >= 11 is 1.45. The van der Waals surface area contributed by atoms with Crippen LogP contribution in [0.3, 0.4) is 0 Å². The van der Waals surface area contributed by atoms with E-state index in [2.05, 4.69) is 4.98 Å². The average Bonchev–Trinajstić information content (AvgIpc) is 2.87. The molecule has 0 saturated carbocycles. The van der Waals surface area contributed by atoms with Crippen LogP contribution in [0.5, 0.6) is 5.75 Å². The molecule has 94 valence electrons. The molecular weight excluding hydrogens is 248 g/mol. The predicted molar refractivity (Wildman–Crippen MR) is 73.2 cm³/mol. The summed E-state index contributed by atoms with van der Waals surface area (Å²) < 4.78 is 5.11. The van der Waals surface area contributed by atoms with Crippen molar-refractivity contribution in [1.29, 1.82) is 0 Å². The Balaban J connectivity index is 2.26. The Morgan fingerprint density at radius 3 is 2.56 bits per heavy atom. The summed E-state index contributed by atoms with van der Waals surface area (Å²) in [5, 5.41) is 2.64. The fraction of sp³-hybridized carbons (Fsp3) is 0.231. The lowest BCUT2D eigenvalue weighted by Crippen LogP contribution is -2.22. The Morgan fingerprint density at radius 1 is 1.33 bits per heavy atom. The molecule has 1 aromatic heterocycles. The van der Waals surface area contributed by atoms with Crippen LogP contribution in [-0.4, -0.2) is 25.0 Å². The number of rotatable bonds is 3. The third-order valence-corrected chi connectivity index (χ3v) is 3.55. The van der Waals surface area contributed by atoms with Crippen molar-refractivity contribution in [2.24, 2.45) is 0 Å². The average molecular weight is 262 g/mol. The normalized spacial score (nSPS) is 10.2. The van der Waals surface area contributed by atoms with E-state index in [1.54, 1.807) is 14.2 Å². The highest BCUT2D eigenvalue weighted by atomic mass is 32.1. The molecule has 0 radical (unpaired) electrons. The van der Waals surface area contributed by atoms with Crippen LogP contribution in [0.1, 0.15) is 6.92 Å². The molecular formula is C13H14N2O2S. The number of nitrogens with zero attached hydrogens (tertiary/aromatic N) is 2. The number of carbonyl (C=O) groups is 1. The van der Waals surface area contributed by atoms with Gasteiger partial charge in [-0.1, -0.05) is 0 Å². The molecule has 18 heavy (non-hydrogen) atoms. The quantitative estimate of drug-likeness (QED) is 0.854. The zero-order valence-corrected chi connectivity index (χ0v) is 11.3. The number of aromatic nitrogens is 1. The summed E-state index contributed by atoms with van der Waals surface area (Å²) in [5.74, 6) is 0.792. The molecule has 2 rings (SSSR count). The number of thiazole rings is 1. The Labute approximate surface area is 110 Å². The van der Waals surface area contributed by atoms with Crippen LogP contribution >= 0.6 is 11.3 Å². The summed E-state index contributed by atoms with van der Waals surface area (Å²) in [6.07, 6.45) is 0. The van der Waals surface area contributed by atoms with Crippen LogP contribution in [0.15, 0.2) is 29.6 Å². The standard InChI is InChI=1S/C13H14N2O2S/c1-9(16)15(2)13-14-12(8-18-13)10-4-6-11(17-3)7-5-10/h4-8H,1-3H3. The van der Waals surface area contributed by atoms with Crippen molar-refractivity contribution in [1.82, 2.24) is 4.98 Å². The Morgan fingerprint density at radius 2 is 2.00 bits per heavy atom. The molecule has 1 amide bonds. The fourth-order valence-electron chi connectivity index (χ4n) is 1.45. The van der Waals surface area contributed by atoms with E-state index < -0.39 is 0 Å². The first kappa shape index (κ1) is 12.6. The maximum atomic E-state index is 11.2. The molecule has 0 bridgehead atoms. The molecule has 0 aliphatic carbocycles. The van der Waals surface area contributed by atoms with Crippen molar-refractivity contribution in [3.63, 3.8) is 0 Å². The van der Waals surface area contributed by atoms with Crippen molar-refractivity contribution in [3.8, 4) is 17.0 Å². The van der Waals surface area contributed by atoms with Gasteiger partial charge in [-0.05, 0) is 24.3 Å². The molecule has 0 saturated heterocycles. The van der Waals surface area contributed by atoms with Crippen molar-refractivity contribution in [2.45, 2.75) is 6.92 Å². The molecule has 2 aromatic rings. The fourth-order valence-corrected chi connectivity index (χ4v) is 2.29. The summed E-state index contributed by atoms with van der Waals surface area (Å²) in [7, 11) is 3.36. The lowest BCUT2D eigenvalue weighted by atomic mass is 10.2. The topological polar surface area (TPSA) is 42.4 Å².